The summed E-state index contributed by atoms with van der Waals surface area (Å²) in [7, 11) is 3.54. The molecule has 0 N–H and O–H groups in total. The van der Waals surface area contributed by atoms with E-state index in [4.69, 9.17) is 0 Å². The Bertz CT molecular complexity index is 592. The number of hydrogen-bond acceptors (Lipinski definition) is 3. The molecule has 0 aromatic heterocycles. The second-order valence-corrected chi connectivity index (χ2v) is 5.97. The highest BCUT2D eigenvalue weighted by atomic mass is 16.2. The molecule has 1 amide bonds. The number of amides is 1. The molecule has 4 rings (SSSR count). The van der Waals surface area contributed by atoms with Crippen molar-refractivity contribution in [2.45, 2.75) is 18.9 Å². The van der Waals surface area contributed by atoms with Crippen molar-refractivity contribution in [1.82, 2.24) is 9.80 Å². The molecule has 4 heteroatoms. The number of likely N-dealkylation sites (N-methyl/N-ethyl adjacent to an activating group) is 1. The summed E-state index contributed by atoms with van der Waals surface area (Å²) >= 11 is 0. The normalized spacial score (nSPS) is 26.3. The average Bonchev–Trinajstić information content (AvgIpc) is 2.51. The number of hydrogen-bond donors (Lipinski definition) is 0. The van der Waals surface area contributed by atoms with Gasteiger partial charge in [0.1, 0.15) is 6.04 Å². The Morgan fingerprint density at radius 2 is 2.00 bits per heavy atom. The lowest BCUT2D eigenvalue weighted by Crippen LogP contribution is -2.57. The van der Waals surface area contributed by atoms with Crippen molar-refractivity contribution in [2.24, 2.45) is 5.92 Å². The first kappa shape index (κ1) is 13.9. The Kier molecular flexibility index (Phi) is 3.53. The highest BCUT2D eigenvalue weighted by Gasteiger charge is 2.45. The molecule has 2 bridgehead atoms. The number of rotatable bonds is 2. The van der Waals surface area contributed by atoms with Crippen LogP contribution in [0, 0.1) is 5.92 Å². The van der Waals surface area contributed by atoms with Crippen LogP contribution in [0.3, 0.4) is 0 Å². The molecule has 3 saturated heterocycles. The standard InChI is InChI=1S/C17H20N2O2/c1-18(2)17(21)15-11-13-8-9-19(15)14(16(13)20)10-12-6-4-3-5-7-12/h3-7,10,13,15H,8-9,11H2,1-2H3. The van der Waals surface area contributed by atoms with Crippen molar-refractivity contribution < 1.29 is 9.59 Å². The summed E-state index contributed by atoms with van der Waals surface area (Å²) < 4.78 is 0. The molecular weight excluding hydrogens is 264 g/mol. The number of carbonyl (C=O) groups is 2. The Hall–Kier alpha value is -2.10. The first-order chi connectivity index (χ1) is 10.1. The summed E-state index contributed by atoms with van der Waals surface area (Å²) in [5, 5.41) is 0. The molecule has 3 aliphatic rings. The fourth-order valence-corrected chi connectivity index (χ4v) is 3.24. The van der Waals surface area contributed by atoms with Gasteiger partial charge in [0, 0.05) is 26.6 Å². The van der Waals surface area contributed by atoms with Crippen molar-refractivity contribution in [3.05, 3.63) is 41.6 Å². The van der Waals surface area contributed by atoms with Crippen LogP contribution in [0.15, 0.2) is 36.0 Å². The van der Waals surface area contributed by atoms with Gasteiger partial charge in [-0.3, -0.25) is 9.59 Å². The summed E-state index contributed by atoms with van der Waals surface area (Å²) in [6, 6.07) is 9.63. The summed E-state index contributed by atoms with van der Waals surface area (Å²) in [5.41, 5.74) is 1.70. The fraction of sp³-hybridized carbons (Fsp3) is 0.412. The van der Waals surface area contributed by atoms with E-state index in [1.807, 2.05) is 41.3 Å². The Balaban J connectivity index is 1.95. The maximum Gasteiger partial charge on any atom is 0.244 e. The predicted molar refractivity (Wildman–Crippen MR) is 81.3 cm³/mol. The van der Waals surface area contributed by atoms with Crippen LogP contribution < -0.4 is 0 Å². The molecule has 0 aliphatic carbocycles. The van der Waals surface area contributed by atoms with Gasteiger partial charge < -0.3 is 9.80 Å². The van der Waals surface area contributed by atoms with Crippen LogP contribution in [-0.2, 0) is 9.59 Å². The van der Waals surface area contributed by atoms with E-state index < -0.39 is 0 Å². The van der Waals surface area contributed by atoms with Crippen molar-refractivity contribution in [2.75, 3.05) is 20.6 Å². The Morgan fingerprint density at radius 3 is 2.67 bits per heavy atom. The summed E-state index contributed by atoms with van der Waals surface area (Å²) in [6.45, 7) is 0.791. The van der Waals surface area contributed by atoms with Crippen LogP contribution >= 0.6 is 0 Å². The molecule has 21 heavy (non-hydrogen) atoms. The van der Waals surface area contributed by atoms with Gasteiger partial charge in [0.25, 0.3) is 0 Å². The second kappa shape index (κ2) is 5.35. The van der Waals surface area contributed by atoms with E-state index in [-0.39, 0.29) is 23.7 Å². The fourth-order valence-electron chi connectivity index (χ4n) is 3.24. The number of nitrogens with zero attached hydrogens (tertiary/aromatic N) is 2. The van der Waals surface area contributed by atoms with Crippen molar-refractivity contribution in [3.8, 4) is 0 Å². The maximum atomic E-state index is 12.5. The molecule has 0 radical (unpaired) electrons. The lowest BCUT2D eigenvalue weighted by Gasteiger charge is -2.46. The number of piperidine rings is 3. The highest BCUT2D eigenvalue weighted by molar-refractivity contribution is 6.03. The van der Waals surface area contributed by atoms with Gasteiger partial charge in [-0.15, -0.1) is 0 Å². The van der Waals surface area contributed by atoms with E-state index in [1.54, 1.807) is 19.0 Å². The number of allylic oxidation sites excluding steroid dienone is 1. The van der Waals surface area contributed by atoms with Gasteiger partial charge in [-0.1, -0.05) is 30.3 Å². The number of carbonyl (C=O) groups excluding carboxylic acids is 2. The van der Waals surface area contributed by atoms with Crippen LogP contribution in [0.25, 0.3) is 6.08 Å². The number of Topliss-reactive ketones (excluding diaryl/α,β-unsaturated/α-hetero) is 1. The van der Waals surface area contributed by atoms with Crippen molar-refractivity contribution in [3.63, 3.8) is 0 Å². The van der Waals surface area contributed by atoms with Crippen LogP contribution in [0.1, 0.15) is 18.4 Å². The SMILES string of the molecule is CN(C)C(=O)C1CC2CCN1C(=Cc1ccccc1)C2=O. The minimum absolute atomic E-state index is 0.00105. The summed E-state index contributed by atoms with van der Waals surface area (Å²) in [6.07, 6.45) is 3.44. The molecule has 1 aromatic rings. The minimum atomic E-state index is -0.189. The zero-order valence-corrected chi connectivity index (χ0v) is 12.5. The van der Waals surface area contributed by atoms with E-state index >= 15 is 0 Å². The van der Waals surface area contributed by atoms with Gasteiger partial charge >= 0.3 is 0 Å². The van der Waals surface area contributed by atoms with Gasteiger partial charge in [-0.2, -0.15) is 0 Å². The van der Waals surface area contributed by atoms with Gasteiger partial charge in [-0.05, 0) is 24.5 Å². The molecule has 3 heterocycles. The maximum absolute atomic E-state index is 12.5. The van der Waals surface area contributed by atoms with Crippen LogP contribution in [-0.4, -0.2) is 48.2 Å². The van der Waals surface area contributed by atoms with Crippen LogP contribution in [0.5, 0.6) is 0 Å². The summed E-state index contributed by atoms with van der Waals surface area (Å²) in [4.78, 5) is 28.5. The largest absolute Gasteiger partial charge is 0.357 e. The molecule has 1 aromatic carbocycles. The molecular formula is C17H20N2O2. The minimum Gasteiger partial charge on any atom is -0.357 e. The topological polar surface area (TPSA) is 40.6 Å². The zero-order valence-electron chi connectivity index (χ0n) is 12.5. The molecule has 0 spiro atoms. The van der Waals surface area contributed by atoms with E-state index in [2.05, 4.69) is 0 Å². The van der Waals surface area contributed by atoms with E-state index in [1.165, 1.54) is 0 Å². The number of fused-ring (bicyclic) bond motifs is 3. The molecule has 2 atom stereocenters. The number of benzene rings is 1. The quantitative estimate of drug-likeness (QED) is 0.777. The lowest BCUT2D eigenvalue weighted by atomic mass is 9.79. The molecule has 2 unspecified atom stereocenters. The Labute approximate surface area is 125 Å². The third-order valence-corrected chi connectivity index (χ3v) is 4.36. The zero-order chi connectivity index (χ0) is 15.0. The second-order valence-electron chi connectivity index (χ2n) is 5.97. The molecule has 3 aliphatic heterocycles. The molecule has 3 fully saturated rings. The first-order valence-electron chi connectivity index (χ1n) is 7.36. The average molecular weight is 284 g/mol. The van der Waals surface area contributed by atoms with Crippen molar-refractivity contribution >= 4 is 17.8 Å². The third kappa shape index (κ3) is 2.46. The predicted octanol–water partition coefficient (Wildman–Crippen LogP) is 1.78. The van der Waals surface area contributed by atoms with Gasteiger partial charge in [0.05, 0.1) is 5.70 Å². The van der Waals surface area contributed by atoms with Crippen molar-refractivity contribution in [1.29, 1.82) is 0 Å². The van der Waals surface area contributed by atoms with E-state index in [9.17, 15) is 9.59 Å². The number of ketones is 1. The lowest BCUT2D eigenvalue weighted by molar-refractivity contribution is -0.141. The molecule has 4 nitrogen and oxygen atoms in total. The van der Waals surface area contributed by atoms with Gasteiger partial charge in [-0.25, -0.2) is 0 Å². The Morgan fingerprint density at radius 1 is 1.29 bits per heavy atom. The molecule has 110 valence electrons. The van der Waals surface area contributed by atoms with Gasteiger partial charge in [0.15, 0.2) is 5.78 Å². The molecule has 0 saturated carbocycles. The van der Waals surface area contributed by atoms with Gasteiger partial charge in [0.2, 0.25) is 5.91 Å². The highest BCUT2D eigenvalue weighted by Crippen LogP contribution is 2.37. The monoisotopic (exact) mass is 284 g/mol. The summed E-state index contributed by atoms with van der Waals surface area (Å²) in [5.74, 6) is 0.276. The van der Waals surface area contributed by atoms with E-state index in [0.29, 0.717) is 12.1 Å². The third-order valence-electron chi connectivity index (χ3n) is 4.36. The first-order valence-corrected chi connectivity index (χ1v) is 7.36. The van der Waals surface area contributed by atoms with Crippen LogP contribution in [0.2, 0.25) is 0 Å². The van der Waals surface area contributed by atoms with E-state index in [0.717, 1.165) is 18.5 Å². The smallest absolute Gasteiger partial charge is 0.244 e. The van der Waals surface area contributed by atoms with Crippen LogP contribution in [0.4, 0.5) is 0 Å².